The predicted molar refractivity (Wildman–Crippen MR) is 144 cm³/mol. The van der Waals surface area contributed by atoms with Crippen LogP contribution >= 0.6 is 11.6 Å². The number of hydrogen-bond donors (Lipinski definition) is 1. The lowest BCUT2D eigenvalue weighted by Gasteiger charge is -2.34. The van der Waals surface area contributed by atoms with Gasteiger partial charge in [0.25, 0.3) is 0 Å². The molecule has 2 amide bonds. The summed E-state index contributed by atoms with van der Waals surface area (Å²) in [5.41, 5.74) is 0.593. The Morgan fingerprint density at radius 2 is 1.61 bits per heavy atom. The zero-order valence-electron chi connectivity index (χ0n) is 21.7. The first-order valence-electron chi connectivity index (χ1n) is 11.8. The highest BCUT2D eigenvalue weighted by Crippen LogP contribution is 2.23. The summed E-state index contributed by atoms with van der Waals surface area (Å²) in [5, 5.41) is 3.48. The minimum atomic E-state index is -3.80. The van der Waals surface area contributed by atoms with Gasteiger partial charge in [-0.25, -0.2) is 8.42 Å². The number of nitrogens with one attached hydrogen (secondary N) is 1. The third kappa shape index (κ3) is 8.71. The summed E-state index contributed by atoms with van der Waals surface area (Å²) in [7, 11) is -3.80. The third-order valence-electron chi connectivity index (χ3n) is 5.27. The number of rotatable bonds is 11. The molecule has 2 aromatic rings. The Morgan fingerprint density at radius 3 is 2.08 bits per heavy atom. The fourth-order valence-corrected chi connectivity index (χ4v) is 4.62. The molecule has 0 heterocycles. The van der Waals surface area contributed by atoms with Crippen LogP contribution in [0.5, 0.6) is 5.75 Å². The van der Waals surface area contributed by atoms with Gasteiger partial charge in [0.05, 0.1) is 18.6 Å². The van der Waals surface area contributed by atoms with Gasteiger partial charge in [-0.3, -0.25) is 13.9 Å². The fraction of sp³-hybridized carbons (Fsp3) is 0.462. The zero-order chi connectivity index (χ0) is 27.1. The van der Waals surface area contributed by atoms with Gasteiger partial charge in [-0.15, -0.1) is 0 Å². The van der Waals surface area contributed by atoms with Gasteiger partial charge < -0.3 is 15.0 Å². The van der Waals surface area contributed by atoms with E-state index in [2.05, 4.69) is 5.32 Å². The normalized spacial score (nSPS) is 12.5. The van der Waals surface area contributed by atoms with E-state index in [9.17, 15) is 18.0 Å². The summed E-state index contributed by atoms with van der Waals surface area (Å²) in [6, 6.07) is 12.6. The summed E-state index contributed by atoms with van der Waals surface area (Å²) in [5.74, 6) is -0.213. The van der Waals surface area contributed by atoms with E-state index in [4.69, 9.17) is 16.3 Å². The summed E-state index contributed by atoms with van der Waals surface area (Å²) in [6.07, 6.45) is 1.40. The van der Waals surface area contributed by atoms with Crippen molar-refractivity contribution < 1.29 is 22.7 Å². The first-order chi connectivity index (χ1) is 16.7. The lowest BCUT2D eigenvalue weighted by Crippen LogP contribution is -2.55. The molecular weight excluding hydrogens is 502 g/mol. The van der Waals surface area contributed by atoms with Gasteiger partial charge in [0.2, 0.25) is 21.8 Å². The fourth-order valence-electron chi connectivity index (χ4n) is 3.65. The number of carbonyl (C=O) groups is 2. The number of sulfonamides is 1. The molecule has 2 rings (SSSR count). The summed E-state index contributed by atoms with van der Waals surface area (Å²) >= 11 is 6.01. The number of halogens is 1. The van der Waals surface area contributed by atoms with E-state index in [0.29, 0.717) is 29.5 Å². The van der Waals surface area contributed by atoms with Crippen LogP contribution in [-0.2, 0) is 26.2 Å². The van der Waals surface area contributed by atoms with Gasteiger partial charge in [-0.2, -0.15) is 0 Å². The van der Waals surface area contributed by atoms with E-state index in [1.807, 2.05) is 34.6 Å². The molecule has 0 fully saturated rings. The molecule has 1 N–H and O–H groups in total. The van der Waals surface area contributed by atoms with E-state index in [-0.39, 0.29) is 12.5 Å². The monoisotopic (exact) mass is 537 g/mol. The molecule has 0 aromatic heterocycles. The minimum absolute atomic E-state index is 0.118. The van der Waals surface area contributed by atoms with Crippen LogP contribution in [0.3, 0.4) is 0 Å². The maximum atomic E-state index is 13.7. The SMILES string of the molecule is CCOc1ccc(N(CC(=O)N(Cc2ccc(Cl)cc2)C(CC)C(=O)NC(C)(C)C)S(C)(=O)=O)cc1. The van der Waals surface area contributed by atoms with Crippen molar-refractivity contribution in [3.05, 3.63) is 59.1 Å². The van der Waals surface area contributed by atoms with Crippen LogP contribution in [-0.4, -0.2) is 56.1 Å². The first-order valence-corrected chi connectivity index (χ1v) is 14.0. The maximum absolute atomic E-state index is 13.7. The van der Waals surface area contributed by atoms with Gasteiger partial charge in [-0.1, -0.05) is 30.7 Å². The molecule has 0 aliphatic carbocycles. The average molecular weight is 538 g/mol. The van der Waals surface area contributed by atoms with E-state index < -0.39 is 34.1 Å². The van der Waals surface area contributed by atoms with Crippen LogP contribution in [0.25, 0.3) is 0 Å². The van der Waals surface area contributed by atoms with Crippen molar-refractivity contribution >= 4 is 39.1 Å². The van der Waals surface area contributed by atoms with Gasteiger partial charge in [0.15, 0.2) is 0 Å². The lowest BCUT2D eigenvalue weighted by atomic mass is 10.1. The molecular formula is C26H36ClN3O5S. The van der Waals surface area contributed by atoms with Crippen LogP contribution in [0.1, 0.15) is 46.6 Å². The van der Waals surface area contributed by atoms with Crippen molar-refractivity contribution in [2.45, 2.75) is 59.2 Å². The molecule has 36 heavy (non-hydrogen) atoms. The number of benzene rings is 2. The van der Waals surface area contributed by atoms with E-state index in [1.54, 1.807) is 48.5 Å². The molecule has 10 heteroatoms. The Kier molecular flexibility index (Phi) is 10.2. The van der Waals surface area contributed by atoms with Crippen molar-refractivity contribution in [2.75, 3.05) is 23.7 Å². The molecule has 2 aromatic carbocycles. The Hall–Kier alpha value is -2.78. The molecule has 0 saturated heterocycles. The minimum Gasteiger partial charge on any atom is -0.494 e. The molecule has 0 aliphatic heterocycles. The van der Waals surface area contributed by atoms with Crippen molar-refractivity contribution in [1.82, 2.24) is 10.2 Å². The van der Waals surface area contributed by atoms with Crippen LogP contribution in [0.15, 0.2) is 48.5 Å². The molecule has 0 spiro atoms. The van der Waals surface area contributed by atoms with Crippen molar-refractivity contribution in [3.8, 4) is 5.75 Å². The molecule has 0 bridgehead atoms. The molecule has 1 atom stereocenters. The number of anilines is 1. The van der Waals surface area contributed by atoms with Crippen LogP contribution < -0.4 is 14.4 Å². The Balaban J connectivity index is 2.42. The van der Waals surface area contributed by atoms with E-state index in [1.165, 1.54) is 4.90 Å². The van der Waals surface area contributed by atoms with Crippen LogP contribution in [0.4, 0.5) is 5.69 Å². The highest BCUT2D eigenvalue weighted by molar-refractivity contribution is 7.92. The molecule has 0 saturated carbocycles. The Labute approximate surface area is 219 Å². The third-order valence-corrected chi connectivity index (χ3v) is 6.66. The smallest absolute Gasteiger partial charge is 0.244 e. The van der Waals surface area contributed by atoms with Crippen LogP contribution in [0, 0.1) is 0 Å². The van der Waals surface area contributed by atoms with Crippen molar-refractivity contribution in [3.63, 3.8) is 0 Å². The quantitative estimate of drug-likeness (QED) is 0.463. The topological polar surface area (TPSA) is 96.0 Å². The molecule has 8 nitrogen and oxygen atoms in total. The number of ether oxygens (including phenoxy) is 1. The number of hydrogen-bond acceptors (Lipinski definition) is 5. The van der Waals surface area contributed by atoms with Gasteiger partial charge in [-0.05, 0) is 76.1 Å². The van der Waals surface area contributed by atoms with E-state index in [0.717, 1.165) is 16.1 Å². The Morgan fingerprint density at radius 1 is 1.03 bits per heavy atom. The van der Waals surface area contributed by atoms with Gasteiger partial charge >= 0.3 is 0 Å². The first kappa shape index (κ1) is 29.5. The average Bonchev–Trinajstić information content (AvgIpc) is 2.77. The lowest BCUT2D eigenvalue weighted by molar-refractivity contribution is -0.141. The summed E-state index contributed by atoms with van der Waals surface area (Å²) in [4.78, 5) is 28.3. The highest BCUT2D eigenvalue weighted by atomic mass is 35.5. The van der Waals surface area contributed by atoms with Gasteiger partial charge in [0.1, 0.15) is 18.3 Å². The second kappa shape index (κ2) is 12.5. The highest BCUT2D eigenvalue weighted by Gasteiger charge is 2.33. The number of carbonyl (C=O) groups excluding carboxylic acids is 2. The molecule has 0 radical (unpaired) electrons. The molecule has 0 aliphatic rings. The number of amides is 2. The van der Waals surface area contributed by atoms with Crippen LogP contribution in [0.2, 0.25) is 5.02 Å². The van der Waals surface area contributed by atoms with Gasteiger partial charge in [0, 0.05) is 17.1 Å². The Bertz CT molecular complexity index is 1130. The largest absolute Gasteiger partial charge is 0.494 e. The zero-order valence-corrected chi connectivity index (χ0v) is 23.3. The predicted octanol–water partition coefficient (Wildman–Crippen LogP) is 4.23. The second-order valence-corrected chi connectivity index (χ2v) is 11.9. The van der Waals surface area contributed by atoms with Crippen molar-refractivity contribution in [2.24, 2.45) is 0 Å². The maximum Gasteiger partial charge on any atom is 0.244 e. The van der Waals surface area contributed by atoms with Crippen molar-refractivity contribution in [1.29, 1.82) is 0 Å². The second-order valence-electron chi connectivity index (χ2n) is 9.51. The number of nitrogens with zero attached hydrogens (tertiary/aromatic N) is 2. The molecule has 1 unspecified atom stereocenters. The summed E-state index contributed by atoms with van der Waals surface area (Å²) in [6.45, 7) is 9.39. The summed E-state index contributed by atoms with van der Waals surface area (Å²) < 4.78 is 31.8. The molecule has 198 valence electrons. The van der Waals surface area contributed by atoms with E-state index >= 15 is 0 Å². The standard InChI is InChI=1S/C26H36ClN3O5S/c1-7-23(25(32)28-26(3,4)5)29(17-19-9-11-20(27)12-10-19)24(31)18-30(36(6,33)34)21-13-15-22(16-14-21)35-8-2/h9-16,23H,7-8,17-18H2,1-6H3,(H,28,32).